The van der Waals surface area contributed by atoms with Crippen LogP contribution in [0.5, 0.6) is 0 Å². The largest absolute Gasteiger partial charge is 0.261 e. The lowest BCUT2D eigenvalue weighted by Gasteiger charge is -2.06. The molecule has 0 unspecified atom stereocenters. The van der Waals surface area contributed by atoms with Gasteiger partial charge < -0.3 is 0 Å². The van der Waals surface area contributed by atoms with E-state index in [2.05, 4.69) is 71.3 Å². The van der Waals surface area contributed by atoms with Crippen molar-refractivity contribution in [2.75, 3.05) is 0 Å². The zero-order valence-electron chi connectivity index (χ0n) is 75.5. The highest BCUT2D eigenvalue weighted by molar-refractivity contribution is 5.88. The molecule has 3 nitrogen and oxygen atoms in total. The van der Waals surface area contributed by atoms with E-state index < -0.39 is 75.6 Å². The van der Waals surface area contributed by atoms with Gasteiger partial charge in [0, 0.05) is 57.1 Å². The lowest BCUT2D eigenvalue weighted by molar-refractivity contribution is 0.497. The number of nitrogens with zero attached hydrogens (tertiary/aromatic N) is 3. The molecular weight excluding hydrogens is 1640 g/mol. The molecule has 0 fully saturated rings. The molecular formula is C109H104F15N3. The molecule has 660 valence electrons. The smallest absolute Gasteiger partial charge is 0.169 e. The van der Waals surface area contributed by atoms with Crippen LogP contribution < -0.4 is 0 Å². The minimum Gasteiger partial charge on any atom is -0.261 e. The molecule has 0 atom stereocenters. The molecule has 2 aromatic heterocycles. The molecule has 0 saturated carbocycles. The Morgan fingerprint density at radius 1 is 0.165 bits per heavy atom. The van der Waals surface area contributed by atoms with Gasteiger partial charge >= 0.3 is 0 Å². The van der Waals surface area contributed by atoms with Crippen molar-refractivity contribution in [3.05, 3.63) is 441 Å². The van der Waals surface area contributed by atoms with Gasteiger partial charge in [-0.25, -0.2) is 75.8 Å². The van der Waals surface area contributed by atoms with Crippen molar-refractivity contribution < 1.29 is 65.9 Å². The van der Waals surface area contributed by atoms with E-state index in [1.807, 2.05) is 147 Å². The lowest BCUT2D eigenvalue weighted by Crippen LogP contribution is -1.95. The molecule has 0 bridgehead atoms. The van der Waals surface area contributed by atoms with Crippen LogP contribution in [0.1, 0.15) is 123 Å². The van der Waals surface area contributed by atoms with Crippen LogP contribution in [0.2, 0.25) is 0 Å². The SMILES string of the molecule is Cc1cc(F)c(C)c(F)c1.Cc1cc(F)c(C)c(F)c1.Cc1cc2ccc(C)c(F)c2c(F)c1F.Cc1ccc(C)c(F)c1F.Cc1ccc(C)nc1.Cc1ccc2c(F)c(C)c(F)cc2c1.Cc1ccc2c(F)c(C)ccc2c1.Cc1ccc2cc(C)c(F)c(F)c2c1.Cc1ccc2cc(C)c(F)cc2c1.Cc1ccc2cc(C)ccc2c1.Cc1cnc(C)nc1. The monoisotopic (exact) mass is 1740 g/mol. The van der Waals surface area contributed by atoms with Gasteiger partial charge in [-0.05, 0) is 323 Å². The van der Waals surface area contributed by atoms with Gasteiger partial charge in [0.2, 0.25) is 0 Å². The van der Waals surface area contributed by atoms with Crippen molar-refractivity contribution in [3.63, 3.8) is 0 Å². The summed E-state index contributed by atoms with van der Waals surface area (Å²) in [5.74, 6) is -7.98. The van der Waals surface area contributed by atoms with Crippen LogP contribution in [-0.4, -0.2) is 15.0 Å². The highest BCUT2D eigenvalue weighted by atomic mass is 19.2. The third kappa shape index (κ3) is 28.8. The fraction of sp³-hybridized carbons (Fsp3) is 0.202. The summed E-state index contributed by atoms with van der Waals surface area (Å²) in [5, 5.41) is 8.75. The molecule has 0 aliphatic carbocycles. The summed E-state index contributed by atoms with van der Waals surface area (Å²) in [6.45, 7) is 38.7. The van der Waals surface area contributed by atoms with Gasteiger partial charge in [0.05, 0.1) is 5.39 Å². The number of aryl methyl sites for hydroxylation is 19. The first-order valence-electron chi connectivity index (χ1n) is 40.7. The number of benzene rings is 15. The topological polar surface area (TPSA) is 38.7 Å². The standard InChI is InChI=1S/C12H9F3.2C12H10F2.2C12H11F.C12H12.3C8H8F2.C7H9N.C6H8N2/c1-6-3-4-8-5-7(2)11(14)12(15)9(8)10(6)13;1-7-3-4-10-9(5-7)6-11(13)8(2)12(10)14;1-7-3-4-9-6-8(2)11(13)12(14)10(9)5-7;1-8-3-6-11-10(7-8)5-4-9(2)12(11)13;1-8-3-4-10-6-9(2)12(13)7-11(10)5-8;1-9-3-5-12-8-10(2)4-6-11(12)7-9;2*1-5-3-7(9)6(2)8(10)4-5;1-5-3-4-6(2)8(10)7(5)9;1-6-3-4-7(2)8-5-6;1-5-3-7-6(2)8-4-5/h3-5H,1-2H3;2*3-6H,1-2H3;2*3-7H,1-2H3;3-8H,1-2H3;3*3-4H,1-2H3;3-5H,1-2H3;3-4H,1-2H3. The van der Waals surface area contributed by atoms with Crippen molar-refractivity contribution in [2.45, 2.75) is 152 Å². The fourth-order valence-corrected chi connectivity index (χ4v) is 12.5. The Balaban J connectivity index is 0.000000192. The zero-order valence-corrected chi connectivity index (χ0v) is 75.5. The molecule has 0 aliphatic rings. The van der Waals surface area contributed by atoms with E-state index in [9.17, 15) is 65.9 Å². The molecule has 0 radical (unpaired) electrons. The van der Waals surface area contributed by atoms with E-state index in [0.29, 0.717) is 71.4 Å². The Hall–Kier alpha value is -13.0. The van der Waals surface area contributed by atoms with Crippen molar-refractivity contribution in [1.29, 1.82) is 0 Å². The summed E-state index contributed by atoms with van der Waals surface area (Å²) < 4.78 is 196. The second kappa shape index (κ2) is 46.3. The number of fused-ring (bicyclic) bond motifs is 6. The number of pyridine rings is 1. The third-order valence-electron chi connectivity index (χ3n) is 20.3. The first kappa shape index (κ1) is 101. The maximum absolute atomic E-state index is 13.6. The van der Waals surface area contributed by atoms with E-state index in [0.717, 1.165) is 60.9 Å². The maximum Gasteiger partial charge on any atom is 0.169 e. The molecule has 0 N–H and O–H groups in total. The predicted molar refractivity (Wildman–Crippen MR) is 493 cm³/mol. The normalized spacial score (nSPS) is 10.4. The minimum absolute atomic E-state index is 0.0846. The average Bonchev–Trinajstić information content (AvgIpc) is 0.782. The van der Waals surface area contributed by atoms with Crippen LogP contribution in [0.15, 0.2) is 231 Å². The Labute approximate surface area is 734 Å². The first-order valence-corrected chi connectivity index (χ1v) is 40.7. The molecule has 18 heteroatoms. The van der Waals surface area contributed by atoms with E-state index >= 15 is 0 Å². The molecule has 17 rings (SSSR count). The molecule has 0 amide bonds. The Bertz CT molecular complexity index is 6460. The minimum atomic E-state index is -1.11. The van der Waals surface area contributed by atoms with Gasteiger partial charge in [-0.2, -0.15) is 0 Å². The number of rotatable bonds is 0. The zero-order chi connectivity index (χ0) is 94.3. The summed E-state index contributed by atoms with van der Waals surface area (Å²) >= 11 is 0. The number of hydrogen-bond donors (Lipinski definition) is 0. The summed E-state index contributed by atoms with van der Waals surface area (Å²) in [4.78, 5) is 12.0. The highest BCUT2D eigenvalue weighted by Gasteiger charge is 2.17. The highest BCUT2D eigenvalue weighted by Crippen LogP contribution is 2.31. The number of halogens is 15. The van der Waals surface area contributed by atoms with Crippen LogP contribution in [0.4, 0.5) is 65.9 Å². The Morgan fingerprint density at radius 3 is 0.937 bits per heavy atom. The van der Waals surface area contributed by atoms with Crippen molar-refractivity contribution in [3.8, 4) is 0 Å². The second-order valence-electron chi connectivity index (χ2n) is 31.7. The predicted octanol–water partition coefficient (Wildman–Crippen LogP) is 32.5. The van der Waals surface area contributed by atoms with Crippen LogP contribution in [0.25, 0.3) is 64.6 Å². The fourth-order valence-electron chi connectivity index (χ4n) is 12.5. The average molecular weight is 1740 g/mol. The van der Waals surface area contributed by atoms with Crippen molar-refractivity contribution >= 4 is 64.6 Å². The lowest BCUT2D eigenvalue weighted by atomic mass is 10.0. The van der Waals surface area contributed by atoms with Crippen LogP contribution >= 0.6 is 0 Å². The van der Waals surface area contributed by atoms with Crippen molar-refractivity contribution in [2.24, 2.45) is 0 Å². The van der Waals surface area contributed by atoms with E-state index in [4.69, 9.17) is 0 Å². The summed E-state index contributed by atoms with van der Waals surface area (Å²) in [6.07, 6.45) is 5.49. The van der Waals surface area contributed by atoms with Crippen molar-refractivity contribution in [1.82, 2.24) is 15.0 Å². The summed E-state index contributed by atoms with van der Waals surface area (Å²) in [5.41, 5.74) is 14.7. The van der Waals surface area contributed by atoms with E-state index in [1.54, 1.807) is 95.3 Å². The van der Waals surface area contributed by atoms with Crippen LogP contribution in [0, 0.1) is 240 Å². The van der Waals surface area contributed by atoms with E-state index in [1.165, 1.54) is 112 Å². The number of hydrogen-bond acceptors (Lipinski definition) is 3. The molecule has 17 aromatic rings. The molecule has 2 heterocycles. The Kier molecular flexibility index (Phi) is 36.9. The van der Waals surface area contributed by atoms with Gasteiger partial charge in [-0.3, -0.25) is 4.98 Å². The quantitative estimate of drug-likeness (QED) is 0.142. The molecule has 15 aromatic carbocycles. The summed E-state index contributed by atoms with van der Waals surface area (Å²) in [7, 11) is 0. The molecule has 127 heavy (non-hydrogen) atoms. The summed E-state index contributed by atoms with van der Waals surface area (Å²) in [6, 6.07) is 62.9. The van der Waals surface area contributed by atoms with Crippen LogP contribution in [0.3, 0.4) is 0 Å². The van der Waals surface area contributed by atoms with Gasteiger partial charge in [0.15, 0.2) is 34.9 Å². The molecule has 0 aliphatic heterocycles. The van der Waals surface area contributed by atoms with Gasteiger partial charge in [-0.1, -0.05) is 179 Å². The van der Waals surface area contributed by atoms with Gasteiger partial charge in [0.1, 0.15) is 58.2 Å². The maximum atomic E-state index is 13.6. The third-order valence-corrected chi connectivity index (χ3v) is 20.3. The first-order chi connectivity index (χ1) is 59.7. The number of aromatic nitrogens is 3. The van der Waals surface area contributed by atoms with Crippen LogP contribution in [-0.2, 0) is 0 Å². The van der Waals surface area contributed by atoms with Gasteiger partial charge in [-0.15, -0.1) is 0 Å². The van der Waals surface area contributed by atoms with E-state index in [-0.39, 0.29) is 39.3 Å². The second-order valence-corrected chi connectivity index (χ2v) is 31.7. The van der Waals surface area contributed by atoms with Gasteiger partial charge in [0.25, 0.3) is 0 Å². The molecule has 0 saturated heterocycles. The molecule has 0 spiro atoms. The Morgan fingerprint density at radius 2 is 0.480 bits per heavy atom.